The van der Waals surface area contributed by atoms with Crippen LogP contribution in [0.25, 0.3) is 0 Å². The average Bonchev–Trinajstić information content (AvgIpc) is 2.46. The second-order valence-electron chi connectivity index (χ2n) is 4.17. The molecule has 1 N–H and O–H groups in total. The van der Waals surface area contributed by atoms with E-state index in [1.54, 1.807) is 7.11 Å². The molecular formula is C15H18N2O. The average molecular weight is 242 g/mol. The number of nitrogens with one attached hydrogen (secondary N) is 1. The summed E-state index contributed by atoms with van der Waals surface area (Å²) in [4.78, 5) is 4.04. The summed E-state index contributed by atoms with van der Waals surface area (Å²) in [5, 5.41) is 3.34. The molecule has 94 valence electrons. The number of hydrogen-bond donors (Lipinski definition) is 1. The fraction of sp³-hybridized carbons (Fsp3) is 0.267. The van der Waals surface area contributed by atoms with Crippen LogP contribution in [0.2, 0.25) is 0 Å². The standard InChI is InChI=1S/C15H18N2O/c1-16-15(11-12-7-9-17-10-8-12)13-3-5-14(18-2)6-4-13/h3-10,15-16H,11H2,1-2H3. The summed E-state index contributed by atoms with van der Waals surface area (Å²) >= 11 is 0. The third-order valence-electron chi connectivity index (χ3n) is 3.06. The number of ether oxygens (including phenoxy) is 1. The van der Waals surface area contributed by atoms with Crippen LogP contribution in [0.1, 0.15) is 17.2 Å². The Morgan fingerprint density at radius 3 is 2.33 bits per heavy atom. The quantitative estimate of drug-likeness (QED) is 0.875. The molecule has 2 aromatic rings. The van der Waals surface area contributed by atoms with Crippen molar-refractivity contribution in [2.75, 3.05) is 14.2 Å². The zero-order valence-electron chi connectivity index (χ0n) is 10.8. The highest BCUT2D eigenvalue weighted by Crippen LogP contribution is 2.20. The molecule has 0 spiro atoms. The smallest absolute Gasteiger partial charge is 0.118 e. The van der Waals surface area contributed by atoms with Crippen molar-refractivity contribution >= 4 is 0 Å². The molecule has 1 heterocycles. The Labute approximate surface area is 108 Å². The highest BCUT2D eigenvalue weighted by molar-refractivity contribution is 5.30. The first-order valence-electron chi connectivity index (χ1n) is 6.03. The molecule has 2 rings (SSSR count). The van der Waals surface area contributed by atoms with E-state index in [9.17, 15) is 0 Å². The molecule has 3 nitrogen and oxygen atoms in total. The van der Waals surface area contributed by atoms with Gasteiger partial charge in [-0.05, 0) is 48.9 Å². The zero-order valence-corrected chi connectivity index (χ0v) is 10.8. The third-order valence-corrected chi connectivity index (χ3v) is 3.06. The predicted octanol–water partition coefficient (Wildman–Crippen LogP) is 2.59. The lowest BCUT2D eigenvalue weighted by atomic mass is 9.99. The Bertz CT molecular complexity index is 468. The van der Waals surface area contributed by atoms with Crippen LogP contribution in [0, 0.1) is 0 Å². The van der Waals surface area contributed by atoms with Crippen molar-refractivity contribution < 1.29 is 4.74 Å². The largest absolute Gasteiger partial charge is 0.497 e. The van der Waals surface area contributed by atoms with Crippen LogP contribution in [-0.4, -0.2) is 19.1 Å². The van der Waals surface area contributed by atoms with Gasteiger partial charge in [0, 0.05) is 18.4 Å². The van der Waals surface area contributed by atoms with Crippen LogP contribution in [0.3, 0.4) is 0 Å². The van der Waals surface area contributed by atoms with Crippen LogP contribution in [0.5, 0.6) is 5.75 Å². The van der Waals surface area contributed by atoms with Crippen LogP contribution >= 0.6 is 0 Å². The third kappa shape index (κ3) is 3.08. The maximum atomic E-state index is 5.17. The maximum Gasteiger partial charge on any atom is 0.118 e. The molecule has 0 bridgehead atoms. The van der Waals surface area contributed by atoms with Gasteiger partial charge in [0.1, 0.15) is 5.75 Å². The first-order chi connectivity index (χ1) is 8.83. The fourth-order valence-electron chi connectivity index (χ4n) is 1.98. The minimum Gasteiger partial charge on any atom is -0.497 e. The van der Waals surface area contributed by atoms with Gasteiger partial charge in [0.25, 0.3) is 0 Å². The molecule has 0 aliphatic heterocycles. The van der Waals surface area contributed by atoms with Gasteiger partial charge in [-0.15, -0.1) is 0 Å². The summed E-state index contributed by atoms with van der Waals surface area (Å²) in [6, 6.07) is 12.6. The molecule has 18 heavy (non-hydrogen) atoms. The SMILES string of the molecule is CNC(Cc1ccncc1)c1ccc(OC)cc1. The van der Waals surface area contributed by atoms with Crippen LogP contribution < -0.4 is 10.1 Å². The molecule has 0 aliphatic rings. The summed E-state index contributed by atoms with van der Waals surface area (Å²) < 4.78 is 5.17. The van der Waals surface area contributed by atoms with Gasteiger partial charge in [-0.3, -0.25) is 4.98 Å². The van der Waals surface area contributed by atoms with Crippen molar-refractivity contribution in [1.82, 2.24) is 10.3 Å². The molecular weight excluding hydrogens is 224 g/mol. The first kappa shape index (κ1) is 12.6. The van der Waals surface area contributed by atoms with E-state index >= 15 is 0 Å². The molecule has 0 fully saturated rings. The topological polar surface area (TPSA) is 34.2 Å². The summed E-state index contributed by atoms with van der Waals surface area (Å²) in [6.07, 6.45) is 4.61. The van der Waals surface area contributed by atoms with Crippen LogP contribution in [0.15, 0.2) is 48.8 Å². The minimum absolute atomic E-state index is 0.304. The number of hydrogen-bond acceptors (Lipinski definition) is 3. The Balaban J connectivity index is 2.12. The summed E-state index contributed by atoms with van der Waals surface area (Å²) in [5.41, 5.74) is 2.54. The van der Waals surface area contributed by atoms with E-state index < -0.39 is 0 Å². The maximum absolute atomic E-state index is 5.17. The highest BCUT2D eigenvalue weighted by Gasteiger charge is 2.09. The number of aromatic nitrogens is 1. The molecule has 0 radical (unpaired) electrons. The molecule has 0 amide bonds. The monoisotopic (exact) mass is 242 g/mol. The number of nitrogens with zero attached hydrogens (tertiary/aromatic N) is 1. The van der Waals surface area contributed by atoms with E-state index in [0.29, 0.717) is 6.04 Å². The van der Waals surface area contributed by atoms with E-state index in [1.165, 1.54) is 11.1 Å². The van der Waals surface area contributed by atoms with Crippen molar-refractivity contribution in [2.24, 2.45) is 0 Å². The van der Waals surface area contributed by atoms with Gasteiger partial charge in [0.15, 0.2) is 0 Å². The number of rotatable bonds is 5. The molecule has 1 aromatic heterocycles. The Morgan fingerprint density at radius 2 is 1.78 bits per heavy atom. The molecule has 0 aliphatic carbocycles. The van der Waals surface area contributed by atoms with Crippen LogP contribution in [0.4, 0.5) is 0 Å². The van der Waals surface area contributed by atoms with Crippen molar-refractivity contribution in [1.29, 1.82) is 0 Å². The number of likely N-dealkylation sites (N-methyl/N-ethyl adjacent to an activating group) is 1. The lowest BCUT2D eigenvalue weighted by Gasteiger charge is -2.17. The van der Waals surface area contributed by atoms with Crippen molar-refractivity contribution in [3.8, 4) is 5.75 Å². The first-order valence-corrected chi connectivity index (χ1v) is 6.03. The molecule has 1 unspecified atom stereocenters. The fourth-order valence-corrected chi connectivity index (χ4v) is 1.98. The normalized spacial score (nSPS) is 12.1. The molecule has 0 saturated heterocycles. The van der Waals surface area contributed by atoms with Gasteiger partial charge in [-0.2, -0.15) is 0 Å². The van der Waals surface area contributed by atoms with Gasteiger partial charge in [-0.25, -0.2) is 0 Å². The van der Waals surface area contributed by atoms with Gasteiger partial charge < -0.3 is 10.1 Å². The van der Waals surface area contributed by atoms with Crippen molar-refractivity contribution in [2.45, 2.75) is 12.5 Å². The van der Waals surface area contributed by atoms with E-state index in [0.717, 1.165) is 12.2 Å². The Kier molecular flexibility index (Phi) is 4.31. The molecule has 3 heteroatoms. The lowest BCUT2D eigenvalue weighted by molar-refractivity contribution is 0.414. The number of methoxy groups -OCH3 is 1. The number of benzene rings is 1. The Hall–Kier alpha value is -1.87. The van der Waals surface area contributed by atoms with Gasteiger partial charge in [0.05, 0.1) is 7.11 Å². The summed E-state index contributed by atoms with van der Waals surface area (Å²) in [7, 11) is 3.66. The van der Waals surface area contributed by atoms with E-state index in [2.05, 4.69) is 22.4 Å². The number of pyridine rings is 1. The molecule has 0 saturated carbocycles. The lowest BCUT2D eigenvalue weighted by Crippen LogP contribution is -2.18. The second-order valence-corrected chi connectivity index (χ2v) is 4.17. The van der Waals surface area contributed by atoms with Crippen LogP contribution in [-0.2, 0) is 6.42 Å². The molecule has 1 aromatic carbocycles. The zero-order chi connectivity index (χ0) is 12.8. The van der Waals surface area contributed by atoms with Gasteiger partial charge in [0.2, 0.25) is 0 Å². The van der Waals surface area contributed by atoms with E-state index in [-0.39, 0.29) is 0 Å². The van der Waals surface area contributed by atoms with Crippen molar-refractivity contribution in [3.05, 3.63) is 59.9 Å². The van der Waals surface area contributed by atoms with Gasteiger partial charge >= 0.3 is 0 Å². The summed E-state index contributed by atoms with van der Waals surface area (Å²) in [6.45, 7) is 0. The predicted molar refractivity (Wildman–Crippen MR) is 72.7 cm³/mol. The summed E-state index contributed by atoms with van der Waals surface area (Å²) in [5.74, 6) is 0.887. The molecule has 1 atom stereocenters. The highest BCUT2D eigenvalue weighted by atomic mass is 16.5. The minimum atomic E-state index is 0.304. The van der Waals surface area contributed by atoms with E-state index in [4.69, 9.17) is 4.74 Å². The second kappa shape index (κ2) is 6.17. The van der Waals surface area contributed by atoms with Gasteiger partial charge in [-0.1, -0.05) is 12.1 Å². The van der Waals surface area contributed by atoms with Crippen molar-refractivity contribution in [3.63, 3.8) is 0 Å². The Morgan fingerprint density at radius 1 is 1.11 bits per heavy atom. The van der Waals surface area contributed by atoms with E-state index in [1.807, 2.05) is 43.7 Å².